The molecule has 4 N–H and O–H groups in total. The Morgan fingerprint density at radius 2 is 2.06 bits per heavy atom. The van der Waals surface area contributed by atoms with Crippen LogP contribution in [0.1, 0.15) is 60.9 Å². The molecule has 1 heterocycles. The second kappa shape index (κ2) is 4.68. The molecule has 1 amide bonds. The summed E-state index contributed by atoms with van der Waals surface area (Å²) in [5, 5.41) is 9.77. The second-order valence-corrected chi connectivity index (χ2v) is 5.35. The molecule has 0 aliphatic heterocycles. The molecular formula is C12H19N5O. The average molecular weight is 249 g/mol. The van der Waals surface area contributed by atoms with Crippen LogP contribution in [0.5, 0.6) is 0 Å². The van der Waals surface area contributed by atoms with Crippen molar-refractivity contribution >= 4 is 5.91 Å². The van der Waals surface area contributed by atoms with E-state index < -0.39 is 0 Å². The molecule has 0 aromatic carbocycles. The third-order valence-electron chi connectivity index (χ3n) is 3.81. The first-order chi connectivity index (χ1) is 8.74. The molecule has 0 bridgehead atoms. The van der Waals surface area contributed by atoms with Gasteiger partial charge in [0, 0.05) is 18.0 Å². The highest BCUT2D eigenvalue weighted by Crippen LogP contribution is 2.37. The van der Waals surface area contributed by atoms with E-state index in [4.69, 9.17) is 5.73 Å². The Hall–Kier alpha value is -1.43. The minimum absolute atomic E-state index is 0.0598. The van der Waals surface area contributed by atoms with E-state index in [0.29, 0.717) is 5.92 Å². The molecule has 1 aromatic heterocycles. The van der Waals surface area contributed by atoms with E-state index in [1.165, 1.54) is 0 Å². The molecule has 2 fully saturated rings. The molecule has 98 valence electrons. The number of H-pyrrole nitrogens is 1. The van der Waals surface area contributed by atoms with Gasteiger partial charge in [-0.05, 0) is 25.7 Å². The molecule has 6 heteroatoms. The number of nitrogens with one attached hydrogen (secondary N) is 2. The van der Waals surface area contributed by atoms with E-state index in [2.05, 4.69) is 20.5 Å². The van der Waals surface area contributed by atoms with Crippen molar-refractivity contribution in [2.24, 2.45) is 5.73 Å². The van der Waals surface area contributed by atoms with Crippen molar-refractivity contribution < 1.29 is 4.79 Å². The number of amides is 1. The van der Waals surface area contributed by atoms with Crippen molar-refractivity contribution in [1.82, 2.24) is 20.5 Å². The number of hydrogen-bond donors (Lipinski definition) is 3. The quantitative estimate of drug-likeness (QED) is 0.734. The molecule has 1 aromatic rings. The van der Waals surface area contributed by atoms with Crippen molar-refractivity contribution in [2.45, 2.75) is 56.5 Å². The summed E-state index contributed by atoms with van der Waals surface area (Å²) >= 11 is 0. The number of nitrogens with zero attached hydrogens (tertiary/aromatic N) is 2. The Labute approximate surface area is 106 Å². The average Bonchev–Trinajstić information content (AvgIpc) is 3.10. The van der Waals surface area contributed by atoms with Gasteiger partial charge < -0.3 is 11.1 Å². The lowest BCUT2D eigenvalue weighted by Crippen LogP contribution is -2.49. The second-order valence-electron chi connectivity index (χ2n) is 5.35. The van der Waals surface area contributed by atoms with Crippen LogP contribution in [0.2, 0.25) is 0 Å². The van der Waals surface area contributed by atoms with Crippen molar-refractivity contribution in [1.29, 1.82) is 0 Å². The highest BCUT2D eigenvalue weighted by Gasteiger charge is 2.29. The van der Waals surface area contributed by atoms with Gasteiger partial charge in [-0.3, -0.25) is 9.89 Å². The van der Waals surface area contributed by atoms with Crippen LogP contribution in [0.4, 0.5) is 0 Å². The maximum atomic E-state index is 12.0. The van der Waals surface area contributed by atoms with Gasteiger partial charge in [-0.25, -0.2) is 4.98 Å². The molecule has 0 radical (unpaired) electrons. The van der Waals surface area contributed by atoms with Crippen LogP contribution in [0.15, 0.2) is 0 Å². The number of rotatable bonds is 3. The summed E-state index contributed by atoms with van der Waals surface area (Å²) in [6, 6.07) is 0.124. The van der Waals surface area contributed by atoms with Crippen molar-refractivity contribution in [3.8, 4) is 0 Å². The Bertz CT molecular complexity index is 439. The molecule has 3 rings (SSSR count). The maximum Gasteiger partial charge on any atom is 0.291 e. The summed E-state index contributed by atoms with van der Waals surface area (Å²) in [5.74, 6) is 1.36. The van der Waals surface area contributed by atoms with E-state index in [1.54, 1.807) is 0 Å². The van der Waals surface area contributed by atoms with Crippen LogP contribution in [-0.4, -0.2) is 33.2 Å². The van der Waals surface area contributed by atoms with Gasteiger partial charge in [0.2, 0.25) is 5.82 Å². The molecule has 2 aliphatic carbocycles. The topological polar surface area (TPSA) is 96.7 Å². The molecule has 0 spiro atoms. The predicted octanol–water partition coefficient (Wildman–Crippen LogP) is 0.682. The zero-order chi connectivity index (χ0) is 12.5. The van der Waals surface area contributed by atoms with Crippen LogP contribution in [0, 0.1) is 0 Å². The van der Waals surface area contributed by atoms with Gasteiger partial charge in [-0.2, -0.15) is 0 Å². The fraction of sp³-hybridized carbons (Fsp3) is 0.750. The third kappa shape index (κ3) is 2.38. The van der Waals surface area contributed by atoms with E-state index in [-0.39, 0.29) is 23.8 Å². The van der Waals surface area contributed by atoms with Gasteiger partial charge >= 0.3 is 0 Å². The molecule has 2 atom stereocenters. The summed E-state index contributed by atoms with van der Waals surface area (Å²) in [7, 11) is 0. The summed E-state index contributed by atoms with van der Waals surface area (Å²) < 4.78 is 0. The smallest absolute Gasteiger partial charge is 0.291 e. The van der Waals surface area contributed by atoms with Gasteiger partial charge in [0.25, 0.3) is 5.91 Å². The SMILES string of the molecule is N[C@@H]1CCCC[C@H]1NC(=O)c1n[nH]c(C2CC2)n1. The Morgan fingerprint density at radius 1 is 1.28 bits per heavy atom. The number of carbonyl (C=O) groups excluding carboxylic acids is 1. The molecule has 0 saturated heterocycles. The molecule has 2 aliphatic rings. The lowest BCUT2D eigenvalue weighted by Gasteiger charge is -2.28. The zero-order valence-corrected chi connectivity index (χ0v) is 10.4. The standard InChI is InChI=1S/C12H19N5O/c13-8-3-1-2-4-9(8)14-12(18)11-15-10(16-17-11)7-5-6-7/h7-9H,1-6,13H2,(H,14,18)(H,15,16,17)/t8-,9-/m1/s1. The first-order valence-corrected chi connectivity index (χ1v) is 6.73. The lowest BCUT2D eigenvalue weighted by atomic mass is 9.91. The number of carbonyl (C=O) groups is 1. The van der Waals surface area contributed by atoms with Gasteiger partial charge in [0.05, 0.1) is 0 Å². The Morgan fingerprint density at radius 3 is 2.78 bits per heavy atom. The maximum absolute atomic E-state index is 12.0. The van der Waals surface area contributed by atoms with Crippen molar-refractivity contribution in [3.63, 3.8) is 0 Å². The van der Waals surface area contributed by atoms with Gasteiger partial charge in [0.1, 0.15) is 5.82 Å². The van der Waals surface area contributed by atoms with Crippen LogP contribution in [0.25, 0.3) is 0 Å². The first kappa shape index (κ1) is 11.6. The van der Waals surface area contributed by atoms with Crippen molar-refractivity contribution in [2.75, 3.05) is 0 Å². The van der Waals surface area contributed by atoms with Gasteiger partial charge in [0.15, 0.2) is 0 Å². The summed E-state index contributed by atoms with van der Waals surface area (Å²) in [6.07, 6.45) is 6.49. The highest BCUT2D eigenvalue weighted by atomic mass is 16.2. The van der Waals surface area contributed by atoms with Crippen LogP contribution in [0.3, 0.4) is 0 Å². The van der Waals surface area contributed by atoms with Gasteiger partial charge in [-0.15, -0.1) is 5.10 Å². The Kier molecular flexibility index (Phi) is 3.03. The summed E-state index contributed by atoms with van der Waals surface area (Å²) in [5.41, 5.74) is 6.01. The van der Waals surface area contributed by atoms with Crippen LogP contribution >= 0.6 is 0 Å². The fourth-order valence-corrected chi connectivity index (χ4v) is 2.49. The van der Waals surface area contributed by atoms with E-state index in [1.807, 2.05) is 0 Å². The zero-order valence-electron chi connectivity index (χ0n) is 10.4. The molecule has 0 unspecified atom stereocenters. The molecule has 18 heavy (non-hydrogen) atoms. The van der Waals surface area contributed by atoms with Crippen LogP contribution in [-0.2, 0) is 0 Å². The van der Waals surface area contributed by atoms with Gasteiger partial charge in [-0.1, -0.05) is 12.8 Å². The lowest BCUT2D eigenvalue weighted by molar-refractivity contribution is 0.0911. The number of aromatic nitrogens is 3. The van der Waals surface area contributed by atoms with Crippen molar-refractivity contribution in [3.05, 3.63) is 11.6 Å². The van der Waals surface area contributed by atoms with E-state index in [9.17, 15) is 4.79 Å². The summed E-state index contributed by atoms with van der Waals surface area (Å²) in [6.45, 7) is 0. The molecule has 6 nitrogen and oxygen atoms in total. The fourth-order valence-electron chi connectivity index (χ4n) is 2.49. The number of nitrogens with two attached hydrogens (primary N) is 1. The Balaban J connectivity index is 1.62. The van der Waals surface area contributed by atoms with Crippen LogP contribution < -0.4 is 11.1 Å². The minimum atomic E-state index is -0.208. The van der Waals surface area contributed by atoms with E-state index >= 15 is 0 Å². The third-order valence-corrected chi connectivity index (χ3v) is 3.81. The normalized spacial score (nSPS) is 28.1. The first-order valence-electron chi connectivity index (χ1n) is 6.73. The minimum Gasteiger partial charge on any atom is -0.345 e. The monoisotopic (exact) mass is 249 g/mol. The molecular weight excluding hydrogens is 230 g/mol. The molecule has 2 saturated carbocycles. The predicted molar refractivity (Wildman–Crippen MR) is 66.1 cm³/mol. The largest absolute Gasteiger partial charge is 0.345 e. The highest BCUT2D eigenvalue weighted by molar-refractivity contribution is 5.90. The number of aromatic amines is 1. The number of hydrogen-bond acceptors (Lipinski definition) is 4. The van der Waals surface area contributed by atoms with E-state index in [0.717, 1.165) is 44.3 Å². The summed E-state index contributed by atoms with van der Waals surface area (Å²) in [4.78, 5) is 16.2.